The standard InChI is InChI=1S/C7H9O/c1-3-4-5-6-7(2)8/h5H,6H2,1-2H3. The monoisotopic (exact) mass is 109 g/mol. The van der Waals surface area contributed by atoms with Crippen molar-refractivity contribution in [3.05, 3.63) is 6.42 Å². The highest BCUT2D eigenvalue weighted by molar-refractivity contribution is 5.77. The zero-order valence-electron chi connectivity index (χ0n) is 5.19. The summed E-state index contributed by atoms with van der Waals surface area (Å²) < 4.78 is 0. The Morgan fingerprint density at radius 3 is 2.75 bits per heavy atom. The first kappa shape index (κ1) is 7.23. The summed E-state index contributed by atoms with van der Waals surface area (Å²) in [5, 5.41) is 0. The van der Waals surface area contributed by atoms with Crippen LogP contribution in [0.15, 0.2) is 0 Å². The van der Waals surface area contributed by atoms with Crippen LogP contribution in [0.25, 0.3) is 0 Å². The van der Waals surface area contributed by atoms with Crippen molar-refractivity contribution in [2.45, 2.75) is 20.3 Å². The average molecular weight is 109 g/mol. The lowest BCUT2D eigenvalue weighted by Crippen LogP contribution is -1.86. The summed E-state index contributed by atoms with van der Waals surface area (Å²) in [6.45, 7) is 3.30. The molecule has 0 N–H and O–H groups in total. The molecule has 0 aliphatic rings. The molecule has 1 heteroatoms. The second-order valence-electron chi connectivity index (χ2n) is 1.50. The van der Waals surface area contributed by atoms with Crippen molar-refractivity contribution in [1.82, 2.24) is 0 Å². The highest BCUT2D eigenvalue weighted by Gasteiger charge is 1.87. The normalized spacial score (nSPS) is 7.25. The number of carbonyl (C=O) groups excluding carboxylic acids is 1. The molecule has 0 spiro atoms. The molecule has 0 aromatic carbocycles. The van der Waals surface area contributed by atoms with E-state index in [1.165, 1.54) is 0 Å². The van der Waals surface area contributed by atoms with Crippen molar-refractivity contribution in [1.29, 1.82) is 0 Å². The van der Waals surface area contributed by atoms with Crippen LogP contribution in [0.3, 0.4) is 0 Å². The van der Waals surface area contributed by atoms with Crippen LogP contribution in [-0.2, 0) is 4.79 Å². The lowest BCUT2D eigenvalue weighted by atomic mass is 10.2. The Hall–Kier alpha value is -0.770. The highest BCUT2D eigenvalue weighted by atomic mass is 16.1. The fourth-order valence-corrected chi connectivity index (χ4v) is 0.297. The third-order valence-corrected chi connectivity index (χ3v) is 0.636. The van der Waals surface area contributed by atoms with E-state index in [4.69, 9.17) is 0 Å². The van der Waals surface area contributed by atoms with Gasteiger partial charge in [0.1, 0.15) is 5.78 Å². The second kappa shape index (κ2) is 4.39. The molecule has 0 aliphatic carbocycles. The molecule has 0 unspecified atom stereocenters. The zero-order valence-corrected chi connectivity index (χ0v) is 5.19. The minimum Gasteiger partial charge on any atom is -0.300 e. The van der Waals surface area contributed by atoms with Crippen LogP contribution in [0, 0.1) is 18.3 Å². The maximum absolute atomic E-state index is 10.2. The molecule has 0 saturated heterocycles. The van der Waals surface area contributed by atoms with Crippen LogP contribution in [0.1, 0.15) is 20.3 Å². The molecular weight excluding hydrogens is 100 g/mol. The van der Waals surface area contributed by atoms with Crippen molar-refractivity contribution in [2.24, 2.45) is 0 Å². The van der Waals surface area contributed by atoms with Crippen molar-refractivity contribution >= 4 is 5.78 Å². The summed E-state index contributed by atoms with van der Waals surface area (Å²) in [6.07, 6.45) is 2.14. The maximum Gasteiger partial charge on any atom is 0.131 e. The minimum absolute atomic E-state index is 0.160. The van der Waals surface area contributed by atoms with E-state index in [1.54, 1.807) is 20.3 Å². The van der Waals surface area contributed by atoms with Gasteiger partial charge in [0.05, 0.1) is 0 Å². The topological polar surface area (TPSA) is 17.1 Å². The number of rotatable bonds is 2. The van der Waals surface area contributed by atoms with E-state index >= 15 is 0 Å². The SMILES string of the molecule is CC#C[CH]CC(C)=O. The molecule has 1 radical (unpaired) electrons. The van der Waals surface area contributed by atoms with Gasteiger partial charge in [-0.2, -0.15) is 0 Å². The van der Waals surface area contributed by atoms with E-state index in [0.717, 1.165) is 0 Å². The van der Waals surface area contributed by atoms with Gasteiger partial charge in [0.15, 0.2) is 0 Å². The predicted molar refractivity (Wildman–Crippen MR) is 33.0 cm³/mol. The van der Waals surface area contributed by atoms with Gasteiger partial charge in [-0.05, 0) is 13.8 Å². The van der Waals surface area contributed by atoms with Crippen LogP contribution in [0.5, 0.6) is 0 Å². The van der Waals surface area contributed by atoms with Crippen LogP contribution >= 0.6 is 0 Å². The fraction of sp³-hybridized carbons (Fsp3) is 0.429. The summed E-state index contributed by atoms with van der Waals surface area (Å²) in [6, 6.07) is 0. The number of Topliss-reactive ketones (excluding diaryl/α,β-unsaturated/α-hetero) is 1. The smallest absolute Gasteiger partial charge is 0.131 e. The van der Waals surface area contributed by atoms with Gasteiger partial charge in [0.2, 0.25) is 0 Å². The van der Waals surface area contributed by atoms with Crippen molar-refractivity contribution < 1.29 is 4.79 Å². The van der Waals surface area contributed by atoms with Gasteiger partial charge < -0.3 is 0 Å². The minimum atomic E-state index is 0.160. The van der Waals surface area contributed by atoms with Gasteiger partial charge in [0, 0.05) is 12.8 Å². The average Bonchev–Trinajstić information content (AvgIpc) is 1.66. The Labute approximate surface area is 50.1 Å². The summed E-state index contributed by atoms with van der Waals surface area (Å²) >= 11 is 0. The van der Waals surface area contributed by atoms with Crippen LogP contribution in [-0.4, -0.2) is 5.78 Å². The molecule has 0 saturated carbocycles. The first-order valence-electron chi connectivity index (χ1n) is 2.50. The van der Waals surface area contributed by atoms with Crippen LogP contribution in [0.4, 0.5) is 0 Å². The fourth-order valence-electron chi connectivity index (χ4n) is 0.297. The van der Waals surface area contributed by atoms with Gasteiger partial charge in [0.25, 0.3) is 0 Å². The van der Waals surface area contributed by atoms with Crippen molar-refractivity contribution in [2.75, 3.05) is 0 Å². The highest BCUT2D eigenvalue weighted by Crippen LogP contribution is 1.84. The molecule has 43 valence electrons. The summed E-state index contributed by atoms with van der Waals surface area (Å²) in [7, 11) is 0. The van der Waals surface area contributed by atoms with Crippen LogP contribution < -0.4 is 0 Å². The van der Waals surface area contributed by atoms with Gasteiger partial charge in [-0.1, -0.05) is 5.92 Å². The van der Waals surface area contributed by atoms with Crippen LogP contribution in [0.2, 0.25) is 0 Å². The van der Waals surface area contributed by atoms with Gasteiger partial charge >= 0.3 is 0 Å². The molecular formula is C7H9O. The number of ketones is 1. The zero-order chi connectivity index (χ0) is 6.41. The van der Waals surface area contributed by atoms with E-state index < -0.39 is 0 Å². The Morgan fingerprint density at radius 2 is 2.38 bits per heavy atom. The summed E-state index contributed by atoms with van der Waals surface area (Å²) in [5.41, 5.74) is 0. The third kappa shape index (κ3) is 5.23. The number of hydrogen-bond acceptors (Lipinski definition) is 1. The molecule has 0 aliphatic heterocycles. The second-order valence-corrected chi connectivity index (χ2v) is 1.50. The molecule has 0 rings (SSSR count). The van der Waals surface area contributed by atoms with Gasteiger partial charge in [-0.15, -0.1) is 5.92 Å². The Bertz CT molecular complexity index is 125. The molecule has 0 amide bonds. The largest absolute Gasteiger partial charge is 0.300 e. The molecule has 1 nitrogen and oxygen atoms in total. The van der Waals surface area contributed by atoms with E-state index in [1.807, 2.05) is 0 Å². The van der Waals surface area contributed by atoms with Gasteiger partial charge in [-0.3, -0.25) is 4.79 Å². The quantitative estimate of drug-likeness (QED) is 0.487. The lowest BCUT2D eigenvalue weighted by molar-refractivity contribution is -0.116. The Kier molecular flexibility index (Phi) is 3.97. The molecule has 0 atom stereocenters. The Morgan fingerprint density at radius 1 is 1.75 bits per heavy atom. The van der Waals surface area contributed by atoms with E-state index in [-0.39, 0.29) is 5.78 Å². The first-order chi connectivity index (χ1) is 3.77. The molecule has 0 fully saturated rings. The lowest BCUT2D eigenvalue weighted by Gasteiger charge is -1.81. The predicted octanol–water partition coefficient (Wildman–Crippen LogP) is 1.19. The first-order valence-corrected chi connectivity index (χ1v) is 2.50. The molecule has 0 aromatic heterocycles. The van der Waals surface area contributed by atoms with E-state index in [0.29, 0.717) is 6.42 Å². The maximum atomic E-state index is 10.2. The van der Waals surface area contributed by atoms with Gasteiger partial charge in [-0.25, -0.2) is 0 Å². The third-order valence-electron chi connectivity index (χ3n) is 0.636. The Balaban J connectivity index is 3.14. The molecule has 0 bridgehead atoms. The number of hydrogen-bond donors (Lipinski definition) is 0. The summed E-state index contributed by atoms with van der Waals surface area (Å²) in [4.78, 5) is 10.2. The molecule has 0 aromatic rings. The summed E-state index contributed by atoms with van der Waals surface area (Å²) in [5.74, 6) is 5.51. The van der Waals surface area contributed by atoms with Crippen molar-refractivity contribution in [3.8, 4) is 11.8 Å². The molecule has 0 heterocycles. The van der Waals surface area contributed by atoms with Crippen molar-refractivity contribution in [3.63, 3.8) is 0 Å². The molecule has 8 heavy (non-hydrogen) atoms. The number of carbonyl (C=O) groups is 1. The van der Waals surface area contributed by atoms with E-state index in [9.17, 15) is 4.79 Å². The van der Waals surface area contributed by atoms with E-state index in [2.05, 4.69) is 11.8 Å².